The summed E-state index contributed by atoms with van der Waals surface area (Å²) in [5.41, 5.74) is 26.2. The molecule has 0 bridgehead atoms. The largest absolute Gasteiger partial charge is 0.444 e. The third-order valence-corrected chi connectivity index (χ3v) is 15.2. The number of urea groups is 1. The van der Waals surface area contributed by atoms with E-state index in [2.05, 4.69) is 66.3 Å². The summed E-state index contributed by atoms with van der Waals surface area (Å²) in [4.78, 5) is 55.7. The molecule has 11 rings (SSSR count). The summed E-state index contributed by atoms with van der Waals surface area (Å²) >= 11 is 13.1. The van der Waals surface area contributed by atoms with Gasteiger partial charge in [0.25, 0.3) is 0 Å². The topological polar surface area (TPSA) is 186 Å². The number of fused-ring (bicyclic) bond motifs is 4. The molecule has 17 nitrogen and oxygen atoms in total. The van der Waals surface area contributed by atoms with Crippen molar-refractivity contribution in [2.75, 3.05) is 57.7 Å². The summed E-state index contributed by atoms with van der Waals surface area (Å²) in [5.74, 6) is 0. The average Bonchev–Trinajstić information content (AvgIpc) is 4.24. The minimum Gasteiger partial charge on any atom is -0.444 e. The molecule has 3 amide bonds. The van der Waals surface area contributed by atoms with Crippen LogP contribution in [0.25, 0.3) is 28.1 Å². The van der Waals surface area contributed by atoms with E-state index in [1.54, 1.807) is 54.2 Å². The number of amides is 3. The van der Waals surface area contributed by atoms with E-state index in [-0.39, 0.29) is 31.6 Å². The molecule has 6 heterocycles. The van der Waals surface area contributed by atoms with Crippen LogP contribution in [0.2, 0.25) is 10.0 Å². The number of nitrogens with zero attached hydrogens (tertiary/aromatic N) is 11. The fourth-order valence-electron chi connectivity index (χ4n) is 10.8. The van der Waals surface area contributed by atoms with Gasteiger partial charge in [-0.05, 0) is 126 Å². The number of rotatable bonds is 7. The molecule has 2 aliphatic carbocycles. The van der Waals surface area contributed by atoms with Gasteiger partial charge < -0.3 is 40.5 Å². The third-order valence-electron chi connectivity index (χ3n) is 14.7. The van der Waals surface area contributed by atoms with E-state index >= 15 is 0 Å². The zero-order valence-electron chi connectivity index (χ0n) is 44.2. The first kappa shape index (κ1) is 56.0. The SMILES string of the molecule is C.Cn1cncc1C(N)C1=Cc2cccnc2[C@@H](N2CCN(C(=O)OC(C)(C)C)CC2)c2ccc(Cl)cc21.[C-]#[N+]c1ccc(NC(=O)N2CCN([C@H]3c4ccc(Cl)cc4C(C(N)c4cncn4C)=Cc4cccnc43)CC2)cc1. The average molecular weight is 1100 g/mol. The summed E-state index contributed by atoms with van der Waals surface area (Å²) < 4.78 is 9.48. The predicted octanol–water partition coefficient (Wildman–Crippen LogP) is 10.8. The molecule has 4 aromatic heterocycles. The Morgan fingerprint density at radius 3 is 1.56 bits per heavy atom. The maximum absolute atomic E-state index is 13.0. The highest BCUT2D eigenvalue weighted by atomic mass is 35.5. The van der Waals surface area contributed by atoms with Crippen molar-refractivity contribution in [3.05, 3.63) is 200 Å². The second kappa shape index (κ2) is 23.7. The number of hydrogen-bond acceptors (Lipinski definition) is 11. The van der Waals surface area contributed by atoms with Crippen LogP contribution in [-0.4, -0.2) is 119 Å². The molecule has 7 aromatic rings. The van der Waals surface area contributed by atoms with Gasteiger partial charge in [0.1, 0.15) is 5.60 Å². The van der Waals surface area contributed by atoms with Crippen LogP contribution in [0.15, 0.2) is 122 Å². The van der Waals surface area contributed by atoms with Gasteiger partial charge in [0.05, 0.1) is 78.6 Å². The monoisotopic (exact) mass is 1100 g/mol. The molecule has 2 fully saturated rings. The molecule has 3 aromatic carbocycles. The number of imidazole rings is 2. The standard InChI is InChI=1S/C31H29ClN8O.C28H33ClN6O2.CH4/c1-34-22-6-8-23(9-7-22)37-31(41)40-14-12-39(13-15-40)30-24-10-5-21(32)17-25(24)26(16-20-4-3-11-36-29(20)30)28(33)27-18-35-19-38(27)2;1-28(2,3)37-27(36)35-12-10-34(11-13-35)26-20-8-7-19(29)15-21(20)22(14-18-6-5-9-32-25(18)26)24(30)23-16-31-17-33(23)4;/h3-11,16-19,28,30H,12-15,33H2,2H3,(H,37,41);5-9,14-17,24,26H,10-13,30H2,1-4H3;1H4/t28?,30-;24?,26-;/m00./s1. The number of carbonyl (C=O) groups is 2. The van der Waals surface area contributed by atoms with Gasteiger partial charge in [-0.2, -0.15) is 0 Å². The number of aromatic nitrogens is 6. The van der Waals surface area contributed by atoms with Crippen molar-refractivity contribution in [1.29, 1.82) is 0 Å². The molecule has 0 saturated carbocycles. The van der Waals surface area contributed by atoms with Crippen molar-refractivity contribution >= 4 is 70.0 Å². The molecule has 2 saturated heterocycles. The number of piperazine rings is 2. The van der Waals surface area contributed by atoms with Crippen LogP contribution < -0.4 is 16.8 Å². The molecule has 2 aliphatic heterocycles. The van der Waals surface area contributed by atoms with Crippen LogP contribution in [0.5, 0.6) is 0 Å². The first-order valence-corrected chi connectivity index (χ1v) is 26.7. The highest BCUT2D eigenvalue weighted by Crippen LogP contribution is 2.45. The Balaban J connectivity index is 0.000000190. The molecule has 4 aliphatic rings. The second-order valence-electron chi connectivity index (χ2n) is 20.9. The summed E-state index contributed by atoms with van der Waals surface area (Å²) in [7, 11) is 3.88. The van der Waals surface area contributed by atoms with Gasteiger partial charge in [0, 0.05) is 94.6 Å². The highest BCUT2D eigenvalue weighted by molar-refractivity contribution is 6.31. The van der Waals surface area contributed by atoms with E-state index in [4.69, 9.17) is 55.9 Å². The molecule has 5 N–H and O–H groups in total. The summed E-state index contributed by atoms with van der Waals surface area (Å²) in [6, 6.07) is 25.7. The molecular weight excluding hydrogens is 1040 g/mol. The lowest BCUT2D eigenvalue weighted by Crippen LogP contribution is -2.51. The fraction of sp³-hybridized carbons (Fsp3) is 0.317. The molecule has 0 spiro atoms. The van der Waals surface area contributed by atoms with Crippen molar-refractivity contribution in [1.82, 2.24) is 48.7 Å². The Kier molecular flexibility index (Phi) is 16.8. The van der Waals surface area contributed by atoms with E-state index in [1.165, 1.54) is 0 Å². The van der Waals surface area contributed by atoms with E-state index < -0.39 is 17.7 Å². The smallest absolute Gasteiger partial charge is 0.410 e. The Bertz CT molecular complexity index is 3450. The second-order valence-corrected chi connectivity index (χ2v) is 21.7. The van der Waals surface area contributed by atoms with Crippen molar-refractivity contribution in [2.45, 2.75) is 58.0 Å². The Morgan fingerprint density at radius 2 is 1.14 bits per heavy atom. The molecule has 79 heavy (non-hydrogen) atoms. The maximum atomic E-state index is 13.0. The zero-order chi connectivity index (χ0) is 54.8. The summed E-state index contributed by atoms with van der Waals surface area (Å²) in [6.07, 6.45) is 14.7. The van der Waals surface area contributed by atoms with Gasteiger partial charge in [-0.15, -0.1) is 0 Å². The minimum absolute atomic E-state index is 0. The van der Waals surface area contributed by atoms with Crippen LogP contribution in [-0.2, 0) is 18.8 Å². The van der Waals surface area contributed by atoms with Gasteiger partial charge in [0.2, 0.25) is 0 Å². The normalized spacial score (nSPS) is 17.9. The maximum Gasteiger partial charge on any atom is 0.410 e. The van der Waals surface area contributed by atoms with E-state index in [1.807, 2.05) is 97.7 Å². The van der Waals surface area contributed by atoms with Crippen molar-refractivity contribution < 1.29 is 14.3 Å². The Morgan fingerprint density at radius 1 is 0.684 bits per heavy atom. The van der Waals surface area contributed by atoms with Crippen molar-refractivity contribution in [2.24, 2.45) is 25.6 Å². The van der Waals surface area contributed by atoms with Gasteiger partial charge in [-0.3, -0.25) is 19.8 Å². The van der Waals surface area contributed by atoms with Gasteiger partial charge in [-0.1, -0.05) is 67.0 Å². The first-order valence-electron chi connectivity index (χ1n) is 25.9. The lowest BCUT2D eigenvalue weighted by molar-refractivity contribution is 0.0118. The van der Waals surface area contributed by atoms with Gasteiger partial charge >= 0.3 is 12.1 Å². The zero-order valence-corrected chi connectivity index (χ0v) is 45.7. The Hall–Kier alpha value is -7.69. The molecule has 19 heteroatoms. The van der Waals surface area contributed by atoms with E-state index in [9.17, 15) is 9.59 Å². The van der Waals surface area contributed by atoms with Gasteiger partial charge in [-0.25, -0.2) is 24.4 Å². The molecule has 0 radical (unpaired) electrons. The number of halogens is 2. The first-order chi connectivity index (χ1) is 37.5. The van der Waals surface area contributed by atoms with Crippen LogP contribution in [0.4, 0.5) is 21.0 Å². The number of nitrogens with one attached hydrogen (secondary N) is 1. The van der Waals surface area contributed by atoms with Crippen LogP contribution in [0.3, 0.4) is 0 Å². The molecule has 408 valence electrons. The lowest BCUT2D eigenvalue weighted by Gasteiger charge is -2.40. The number of ether oxygens (including phenoxy) is 1. The fourth-order valence-corrected chi connectivity index (χ4v) is 11.1. The van der Waals surface area contributed by atoms with E-state index in [0.29, 0.717) is 73.8 Å². The third kappa shape index (κ3) is 12.0. The molecular formula is C60H66Cl2N14O3. The number of carbonyl (C=O) groups excluding carboxylic acids is 2. The van der Waals surface area contributed by atoms with Crippen molar-refractivity contribution in [3.63, 3.8) is 0 Å². The van der Waals surface area contributed by atoms with Crippen LogP contribution in [0, 0.1) is 6.57 Å². The molecule has 2 unspecified atom stereocenters. The minimum atomic E-state index is -0.523. The number of hydrogen-bond donors (Lipinski definition) is 3. The molecule has 4 atom stereocenters. The summed E-state index contributed by atoms with van der Waals surface area (Å²) in [5, 5.41) is 4.23. The van der Waals surface area contributed by atoms with Gasteiger partial charge in [0.15, 0.2) is 5.69 Å². The van der Waals surface area contributed by atoms with Crippen LogP contribution in [0.1, 0.15) is 109 Å². The lowest BCUT2D eigenvalue weighted by atomic mass is 9.90. The highest BCUT2D eigenvalue weighted by Gasteiger charge is 2.38. The number of benzene rings is 3. The quantitative estimate of drug-likeness (QED) is 0.129. The van der Waals surface area contributed by atoms with Crippen molar-refractivity contribution in [3.8, 4) is 0 Å². The predicted molar refractivity (Wildman–Crippen MR) is 312 cm³/mol. The number of nitrogens with two attached hydrogens (primary N) is 2. The van der Waals surface area contributed by atoms with Crippen LogP contribution >= 0.6 is 23.2 Å². The summed E-state index contributed by atoms with van der Waals surface area (Å²) in [6.45, 7) is 17.7. The number of pyridine rings is 2. The number of anilines is 1. The van der Waals surface area contributed by atoms with E-state index in [0.717, 1.165) is 67.3 Å². The Labute approximate surface area is 472 Å². The number of aryl methyl sites for hydroxylation is 2.